The second-order valence-corrected chi connectivity index (χ2v) is 15.1. The molecule has 1 aliphatic carbocycles. The molecule has 256 valence electrons. The van der Waals surface area contributed by atoms with Crippen LogP contribution in [0.2, 0.25) is 0 Å². The predicted octanol–water partition coefficient (Wildman–Crippen LogP) is 6.18. The lowest BCUT2D eigenvalue weighted by atomic mass is 9.94. The number of aryl methyl sites for hydroxylation is 3. The second kappa shape index (κ2) is 12.9. The fourth-order valence-electron chi connectivity index (χ4n) is 7.98. The molecule has 2 fully saturated rings. The summed E-state index contributed by atoms with van der Waals surface area (Å²) >= 11 is 0. The number of pyridine rings is 1. The molecule has 1 aromatic carbocycles. The molecule has 1 saturated carbocycles. The lowest BCUT2D eigenvalue weighted by Gasteiger charge is -2.28. The van der Waals surface area contributed by atoms with Crippen LogP contribution in [0.4, 0.5) is 0 Å². The van der Waals surface area contributed by atoms with Gasteiger partial charge in [0, 0.05) is 53.1 Å². The van der Waals surface area contributed by atoms with Crippen LogP contribution in [0.3, 0.4) is 0 Å². The van der Waals surface area contributed by atoms with Crippen LogP contribution in [0.5, 0.6) is 0 Å². The normalized spacial score (nSPS) is 24.0. The highest BCUT2D eigenvalue weighted by Gasteiger charge is 2.67. The van der Waals surface area contributed by atoms with Crippen molar-refractivity contribution in [2.45, 2.75) is 117 Å². The van der Waals surface area contributed by atoms with Crippen molar-refractivity contribution in [3.8, 4) is 11.1 Å². The Balaban J connectivity index is 1.29. The quantitative estimate of drug-likeness (QED) is 0.233. The summed E-state index contributed by atoms with van der Waals surface area (Å²) in [6.45, 7) is 10.1. The molecular formula is C39H46N6O4. The Bertz CT molecular complexity index is 1930. The first-order valence-corrected chi connectivity index (χ1v) is 17.7. The first kappa shape index (κ1) is 33.2. The molecule has 1 amide bonds. The van der Waals surface area contributed by atoms with Gasteiger partial charge in [-0.15, -0.1) is 0 Å². The zero-order valence-electron chi connectivity index (χ0n) is 29.3. The number of ketones is 2. The van der Waals surface area contributed by atoms with E-state index in [0.717, 1.165) is 78.2 Å². The third-order valence-electron chi connectivity index (χ3n) is 10.8. The highest BCUT2D eigenvalue weighted by molar-refractivity contribution is 6.07. The fourth-order valence-corrected chi connectivity index (χ4v) is 7.98. The van der Waals surface area contributed by atoms with Crippen molar-refractivity contribution in [1.29, 1.82) is 0 Å². The fraction of sp³-hybridized carbons (Fsp3) is 0.513. The summed E-state index contributed by atoms with van der Waals surface area (Å²) in [5, 5.41) is 5.52. The molecule has 2 bridgehead atoms. The van der Waals surface area contributed by atoms with E-state index in [9.17, 15) is 14.4 Å². The molecule has 5 heterocycles. The van der Waals surface area contributed by atoms with Crippen molar-refractivity contribution in [3.63, 3.8) is 0 Å². The molecule has 7 rings (SSSR count). The molecular weight excluding hydrogens is 616 g/mol. The molecule has 0 radical (unpaired) electrons. The van der Waals surface area contributed by atoms with Crippen LogP contribution in [0.25, 0.3) is 22.0 Å². The van der Waals surface area contributed by atoms with Crippen molar-refractivity contribution in [2.75, 3.05) is 6.61 Å². The highest BCUT2D eigenvalue weighted by atomic mass is 16.5. The summed E-state index contributed by atoms with van der Waals surface area (Å²) in [4.78, 5) is 56.8. The van der Waals surface area contributed by atoms with E-state index in [-0.39, 0.29) is 47.5 Å². The molecule has 49 heavy (non-hydrogen) atoms. The predicted molar refractivity (Wildman–Crippen MR) is 186 cm³/mol. The zero-order valence-corrected chi connectivity index (χ0v) is 29.3. The van der Waals surface area contributed by atoms with Gasteiger partial charge in [-0.1, -0.05) is 25.3 Å². The molecule has 3 atom stereocenters. The van der Waals surface area contributed by atoms with Crippen molar-refractivity contribution < 1.29 is 19.1 Å². The van der Waals surface area contributed by atoms with Gasteiger partial charge >= 0.3 is 0 Å². The number of rotatable bonds is 5. The Morgan fingerprint density at radius 3 is 2.53 bits per heavy atom. The van der Waals surface area contributed by atoms with Gasteiger partial charge in [-0.2, -0.15) is 5.10 Å². The summed E-state index contributed by atoms with van der Waals surface area (Å²) in [6.07, 6.45) is 11.0. The number of hydrogen-bond donors (Lipinski definition) is 0. The number of carbonyl (C=O) groups excluding carboxylic acids is 3. The number of Topliss-reactive ketones (excluding diaryl/α,β-unsaturated/α-hetero) is 2. The largest absolute Gasteiger partial charge is 0.375 e. The van der Waals surface area contributed by atoms with Crippen LogP contribution < -0.4 is 0 Å². The molecule has 2 aliphatic heterocycles. The summed E-state index contributed by atoms with van der Waals surface area (Å²) in [5.41, 5.74) is 4.98. The van der Waals surface area contributed by atoms with Crippen molar-refractivity contribution >= 4 is 28.4 Å². The van der Waals surface area contributed by atoms with E-state index < -0.39 is 6.04 Å². The van der Waals surface area contributed by atoms with Crippen molar-refractivity contribution in [2.24, 2.45) is 5.41 Å². The maximum absolute atomic E-state index is 14.5. The highest BCUT2D eigenvalue weighted by Crippen LogP contribution is 2.60. The number of nitrogens with zero attached hydrogens (tertiary/aromatic N) is 6. The van der Waals surface area contributed by atoms with Gasteiger partial charge in [-0.05, 0) is 95.2 Å². The Hall–Kier alpha value is -4.31. The summed E-state index contributed by atoms with van der Waals surface area (Å²) in [5.74, 6) is 0.353. The van der Waals surface area contributed by atoms with Gasteiger partial charge in [-0.3, -0.25) is 24.0 Å². The minimum absolute atomic E-state index is 0.00733. The number of hydrogen-bond acceptors (Lipinski definition) is 8. The zero-order chi connectivity index (χ0) is 34.5. The van der Waals surface area contributed by atoms with Crippen LogP contribution in [0, 0.1) is 19.3 Å². The maximum atomic E-state index is 14.5. The van der Waals surface area contributed by atoms with Gasteiger partial charge < -0.3 is 9.64 Å². The summed E-state index contributed by atoms with van der Waals surface area (Å²) < 4.78 is 8.30. The van der Waals surface area contributed by atoms with Crippen LogP contribution in [0.15, 0.2) is 42.7 Å². The van der Waals surface area contributed by atoms with E-state index in [1.54, 1.807) is 17.1 Å². The average Bonchev–Trinajstić information content (AvgIpc) is 3.47. The van der Waals surface area contributed by atoms with Gasteiger partial charge in [0.1, 0.15) is 18.1 Å². The Morgan fingerprint density at radius 2 is 1.78 bits per heavy atom. The maximum Gasteiger partial charge on any atom is 0.245 e. The van der Waals surface area contributed by atoms with Gasteiger partial charge in [0.2, 0.25) is 5.91 Å². The molecule has 4 aromatic rings. The smallest absolute Gasteiger partial charge is 0.245 e. The first-order valence-electron chi connectivity index (χ1n) is 17.7. The monoisotopic (exact) mass is 662 g/mol. The lowest BCUT2D eigenvalue weighted by molar-refractivity contribution is -0.139. The number of ether oxygens (including phenoxy) is 1. The standard InChI is InChI=1S/C39H46N6O4/c1-24-11-10-13-30(42-24)17-33(47)32-18-39-19-34(39)45(32)35(48)22-44-37-27(12-8-6-7-9-14-38(4,5)49-23-39)15-28(29-20-40-26(3)41-21-29)16-31(37)36(43-44)25(2)46/h10-11,13,15-16,20-21,32,34H,6-9,12,14,17-19,22-23H2,1-5H3/t32-,34+,39-/m0/s1. The van der Waals surface area contributed by atoms with Gasteiger partial charge in [-0.25, -0.2) is 9.97 Å². The third-order valence-corrected chi connectivity index (χ3v) is 10.8. The molecule has 0 N–H and O–H groups in total. The van der Waals surface area contributed by atoms with E-state index in [1.165, 1.54) is 6.92 Å². The molecule has 3 aliphatic rings. The van der Waals surface area contributed by atoms with Gasteiger partial charge in [0.05, 0.1) is 30.2 Å². The van der Waals surface area contributed by atoms with Crippen molar-refractivity contribution in [3.05, 3.63) is 71.2 Å². The third kappa shape index (κ3) is 6.67. The van der Waals surface area contributed by atoms with Crippen LogP contribution in [-0.4, -0.2) is 71.4 Å². The number of amides is 1. The Kier molecular flexibility index (Phi) is 8.71. The average molecular weight is 663 g/mol. The molecule has 10 heteroatoms. The molecule has 10 nitrogen and oxygen atoms in total. The van der Waals surface area contributed by atoms with E-state index in [4.69, 9.17) is 9.84 Å². The second-order valence-electron chi connectivity index (χ2n) is 15.1. The Labute approximate surface area is 287 Å². The van der Waals surface area contributed by atoms with E-state index in [0.29, 0.717) is 30.2 Å². The van der Waals surface area contributed by atoms with E-state index in [2.05, 4.69) is 34.9 Å². The number of aromatic nitrogens is 5. The van der Waals surface area contributed by atoms with E-state index >= 15 is 0 Å². The molecule has 0 unspecified atom stereocenters. The number of benzene rings is 1. The SMILES string of the molecule is CC(=O)c1nn2c3c(cc(-c4cnc(C)nc4)cc13)CCCCCCC(C)(C)OC[C@@]13C[C@@H](C(=O)Cc4cccc(C)n4)N(C(=O)C2)[C@@H]1C3. The minimum atomic E-state index is -0.569. The van der Waals surface area contributed by atoms with Gasteiger partial charge in [0.25, 0.3) is 0 Å². The van der Waals surface area contributed by atoms with Crippen LogP contribution in [0.1, 0.15) is 99.0 Å². The van der Waals surface area contributed by atoms with E-state index in [1.807, 2.05) is 43.0 Å². The minimum Gasteiger partial charge on any atom is -0.375 e. The lowest BCUT2D eigenvalue weighted by Crippen LogP contribution is -2.45. The Morgan fingerprint density at radius 1 is 1.00 bits per heavy atom. The van der Waals surface area contributed by atoms with Crippen LogP contribution >= 0.6 is 0 Å². The summed E-state index contributed by atoms with van der Waals surface area (Å²) in [7, 11) is 0. The number of carbonyl (C=O) groups is 3. The molecule has 0 spiro atoms. The first-order chi connectivity index (χ1) is 23.4. The topological polar surface area (TPSA) is 120 Å². The van der Waals surface area contributed by atoms with Crippen LogP contribution in [-0.2, 0) is 33.7 Å². The number of piperidine rings is 1. The molecule has 1 saturated heterocycles. The summed E-state index contributed by atoms with van der Waals surface area (Å²) in [6, 6.07) is 9.16. The van der Waals surface area contributed by atoms with Gasteiger partial charge in [0.15, 0.2) is 11.6 Å². The van der Waals surface area contributed by atoms with Crippen molar-refractivity contribution in [1.82, 2.24) is 29.6 Å². The molecule has 3 aromatic heterocycles.